The SMILES string of the molecule is Cc1nc(C2CCN(C(=O)C3(C)CCCCN3C)CC2)cc(=O)[nH]1. The summed E-state index contributed by atoms with van der Waals surface area (Å²) in [4.78, 5) is 36.1. The van der Waals surface area contributed by atoms with Crippen molar-refractivity contribution in [3.8, 4) is 0 Å². The Morgan fingerprint density at radius 2 is 2.00 bits per heavy atom. The van der Waals surface area contributed by atoms with Gasteiger partial charge in [-0.2, -0.15) is 0 Å². The van der Waals surface area contributed by atoms with E-state index in [-0.39, 0.29) is 22.9 Å². The van der Waals surface area contributed by atoms with E-state index in [1.165, 1.54) is 6.42 Å². The van der Waals surface area contributed by atoms with Gasteiger partial charge in [0.15, 0.2) is 0 Å². The van der Waals surface area contributed by atoms with Crippen LogP contribution in [0.1, 0.15) is 56.5 Å². The molecule has 1 unspecified atom stereocenters. The summed E-state index contributed by atoms with van der Waals surface area (Å²) < 4.78 is 0. The van der Waals surface area contributed by atoms with Gasteiger partial charge in [0.05, 0.1) is 11.2 Å². The summed E-state index contributed by atoms with van der Waals surface area (Å²) in [6.07, 6.45) is 4.99. The summed E-state index contributed by atoms with van der Waals surface area (Å²) in [5.41, 5.74) is 0.417. The van der Waals surface area contributed by atoms with Crippen molar-refractivity contribution in [2.75, 3.05) is 26.7 Å². The molecule has 1 atom stereocenters. The Bertz CT molecular complexity index is 663. The third-order valence-corrected chi connectivity index (χ3v) is 5.79. The van der Waals surface area contributed by atoms with Crippen molar-refractivity contribution in [1.29, 1.82) is 0 Å². The molecule has 1 aromatic rings. The van der Waals surface area contributed by atoms with Crippen molar-refractivity contribution in [2.45, 2.75) is 57.4 Å². The molecule has 2 saturated heterocycles. The molecule has 2 aliphatic rings. The van der Waals surface area contributed by atoms with Gasteiger partial charge >= 0.3 is 0 Å². The van der Waals surface area contributed by atoms with Gasteiger partial charge in [0.25, 0.3) is 5.56 Å². The van der Waals surface area contributed by atoms with E-state index in [9.17, 15) is 9.59 Å². The molecule has 3 rings (SSSR count). The van der Waals surface area contributed by atoms with Crippen molar-refractivity contribution in [3.63, 3.8) is 0 Å². The molecule has 2 aliphatic heterocycles. The summed E-state index contributed by atoms with van der Waals surface area (Å²) in [6.45, 7) is 6.39. The fourth-order valence-corrected chi connectivity index (χ4v) is 4.06. The smallest absolute Gasteiger partial charge is 0.251 e. The molecule has 132 valence electrons. The molecule has 1 N–H and O–H groups in total. The lowest BCUT2D eigenvalue weighted by molar-refractivity contribution is -0.146. The number of carbonyl (C=O) groups excluding carboxylic acids is 1. The Morgan fingerprint density at radius 3 is 2.62 bits per heavy atom. The number of aromatic amines is 1. The number of carbonyl (C=O) groups is 1. The zero-order valence-corrected chi connectivity index (χ0v) is 15.0. The minimum absolute atomic E-state index is 0.0904. The van der Waals surface area contributed by atoms with Crippen LogP contribution in [0.3, 0.4) is 0 Å². The lowest BCUT2D eigenvalue weighted by Crippen LogP contribution is -2.59. The molecule has 1 aromatic heterocycles. The topological polar surface area (TPSA) is 69.3 Å². The quantitative estimate of drug-likeness (QED) is 0.894. The van der Waals surface area contributed by atoms with Gasteiger partial charge in [-0.05, 0) is 59.5 Å². The number of H-pyrrole nitrogens is 1. The minimum Gasteiger partial charge on any atom is -0.341 e. The van der Waals surface area contributed by atoms with E-state index in [0.29, 0.717) is 5.82 Å². The molecule has 6 nitrogen and oxygen atoms in total. The Hall–Kier alpha value is -1.69. The van der Waals surface area contributed by atoms with Crippen LogP contribution in [-0.2, 0) is 4.79 Å². The van der Waals surface area contributed by atoms with Gasteiger partial charge in [-0.15, -0.1) is 0 Å². The molecule has 1 amide bonds. The Balaban J connectivity index is 1.66. The van der Waals surface area contributed by atoms with Gasteiger partial charge in [-0.1, -0.05) is 0 Å². The van der Waals surface area contributed by atoms with Gasteiger partial charge < -0.3 is 9.88 Å². The lowest BCUT2D eigenvalue weighted by Gasteiger charge is -2.45. The predicted octanol–water partition coefficient (Wildman–Crippen LogP) is 1.66. The third kappa shape index (κ3) is 3.24. The molecule has 6 heteroatoms. The fraction of sp³-hybridized carbons (Fsp3) is 0.722. The van der Waals surface area contributed by atoms with Crippen LogP contribution in [0.2, 0.25) is 0 Å². The number of rotatable bonds is 2. The molecule has 0 aromatic carbocycles. The van der Waals surface area contributed by atoms with Crippen LogP contribution in [0.4, 0.5) is 0 Å². The molecule has 0 saturated carbocycles. The van der Waals surface area contributed by atoms with Gasteiger partial charge in [-0.25, -0.2) is 4.98 Å². The monoisotopic (exact) mass is 332 g/mol. The van der Waals surface area contributed by atoms with E-state index >= 15 is 0 Å². The third-order valence-electron chi connectivity index (χ3n) is 5.79. The number of likely N-dealkylation sites (N-methyl/N-ethyl adjacent to an activating group) is 1. The highest BCUT2D eigenvalue weighted by Crippen LogP contribution is 2.32. The van der Waals surface area contributed by atoms with E-state index < -0.39 is 0 Å². The highest BCUT2D eigenvalue weighted by atomic mass is 16.2. The summed E-state index contributed by atoms with van der Waals surface area (Å²) in [6, 6.07) is 1.60. The first-order chi connectivity index (χ1) is 11.4. The molecule has 0 spiro atoms. The van der Waals surface area contributed by atoms with E-state index in [1.807, 2.05) is 11.8 Å². The molecule has 2 fully saturated rings. The van der Waals surface area contributed by atoms with Crippen molar-refractivity contribution < 1.29 is 4.79 Å². The number of piperidine rings is 2. The Labute approximate surface area is 143 Å². The standard InChI is InChI=1S/C18H28N4O2/c1-13-19-15(12-16(23)20-13)14-6-10-22(11-7-14)17(24)18(2)8-4-5-9-21(18)3/h12,14H,4-11H2,1-3H3,(H,19,20,23). The first-order valence-electron chi connectivity index (χ1n) is 8.98. The number of likely N-dealkylation sites (tertiary alicyclic amines) is 2. The summed E-state index contributed by atoms with van der Waals surface area (Å²) in [5, 5.41) is 0. The fourth-order valence-electron chi connectivity index (χ4n) is 4.06. The Morgan fingerprint density at radius 1 is 1.29 bits per heavy atom. The number of nitrogens with one attached hydrogen (secondary N) is 1. The second-order valence-electron chi connectivity index (χ2n) is 7.47. The first kappa shape index (κ1) is 17.1. The molecule has 3 heterocycles. The summed E-state index contributed by atoms with van der Waals surface area (Å²) >= 11 is 0. The Kier molecular flexibility index (Phi) is 4.76. The van der Waals surface area contributed by atoms with Gasteiger partial charge in [0.1, 0.15) is 5.82 Å². The number of aryl methyl sites for hydroxylation is 1. The van der Waals surface area contributed by atoms with Gasteiger partial charge in [-0.3, -0.25) is 14.5 Å². The number of hydrogen-bond donors (Lipinski definition) is 1. The normalized spacial score (nSPS) is 26.5. The van der Waals surface area contributed by atoms with Crippen LogP contribution in [-0.4, -0.2) is 57.9 Å². The van der Waals surface area contributed by atoms with E-state index in [1.54, 1.807) is 6.07 Å². The maximum Gasteiger partial charge on any atom is 0.251 e. The summed E-state index contributed by atoms with van der Waals surface area (Å²) in [5.74, 6) is 1.19. The molecule has 0 bridgehead atoms. The number of hydrogen-bond acceptors (Lipinski definition) is 4. The number of aromatic nitrogens is 2. The summed E-state index contributed by atoms with van der Waals surface area (Å²) in [7, 11) is 2.06. The highest BCUT2D eigenvalue weighted by Gasteiger charge is 2.42. The predicted molar refractivity (Wildman–Crippen MR) is 93.0 cm³/mol. The van der Waals surface area contributed by atoms with Crippen LogP contribution < -0.4 is 5.56 Å². The average Bonchev–Trinajstić information content (AvgIpc) is 2.56. The molecule has 0 radical (unpaired) electrons. The van der Waals surface area contributed by atoms with Crippen molar-refractivity contribution in [1.82, 2.24) is 19.8 Å². The largest absolute Gasteiger partial charge is 0.341 e. The maximum absolute atomic E-state index is 13.1. The second kappa shape index (κ2) is 6.67. The number of nitrogens with zero attached hydrogens (tertiary/aromatic N) is 3. The first-order valence-corrected chi connectivity index (χ1v) is 8.98. The zero-order valence-electron chi connectivity index (χ0n) is 15.0. The lowest BCUT2D eigenvalue weighted by atomic mass is 9.86. The molecule has 24 heavy (non-hydrogen) atoms. The zero-order chi connectivity index (χ0) is 17.3. The van der Waals surface area contributed by atoms with Crippen LogP contribution in [0.5, 0.6) is 0 Å². The van der Waals surface area contributed by atoms with Crippen molar-refractivity contribution in [2.24, 2.45) is 0 Å². The van der Waals surface area contributed by atoms with Crippen LogP contribution in [0.25, 0.3) is 0 Å². The van der Waals surface area contributed by atoms with Gasteiger partial charge in [0, 0.05) is 25.1 Å². The second-order valence-corrected chi connectivity index (χ2v) is 7.47. The van der Waals surface area contributed by atoms with E-state index in [4.69, 9.17) is 0 Å². The molecular weight excluding hydrogens is 304 g/mol. The van der Waals surface area contributed by atoms with Crippen LogP contribution >= 0.6 is 0 Å². The van der Waals surface area contributed by atoms with Crippen LogP contribution in [0, 0.1) is 6.92 Å². The van der Waals surface area contributed by atoms with Crippen molar-refractivity contribution in [3.05, 3.63) is 27.9 Å². The molecule has 0 aliphatic carbocycles. The molecular formula is C18H28N4O2. The average molecular weight is 332 g/mol. The van der Waals surface area contributed by atoms with Crippen LogP contribution in [0.15, 0.2) is 10.9 Å². The highest BCUT2D eigenvalue weighted by molar-refractivity contribution is 5.86. The maximum atomic E-state index is 13.1. The van der Waals surface area contributed by atoms with E-state index in [0.717, 1.165) is 51.0 Å². The minimum atomic E-state index is -0.357. The van der Waals surface area contributed by atoms with Gasteiger partial charge in [0.2, 0.25) is 5.91 Å². The van der Waals surface area contributed by atoms with Crippen molar-refractivity contribution >= 4 is 5.91 Å². The number of amides is 1. The van der Waals surface area contributed by atoms with E-state index in [2.05, 4.69) is 28.8 Å².